The van der Waals surface area contributed by atoms with Gasteiger partial charge >= 0.3 is 0 Å². The van der Waals surface area contributed by atoms with E-state index < -0.39 is 0 Å². The lowest BCUT2D eigenvalue weighted by molar-refractivity contribution is 0.301. The van der Waals surface area contributed by atoms with Crippen molar-refractivity contribution in [1.82, 2.24) is 4.57 Å². The summed E-state index contributed by atoms with van der Waals surface area (Å²) in [6, 6.07) is 8.85. The quantitative estimate of drug-likeness (QED) is 0.651. The first-order valence-electron chi connectivity index (χ1n) is 9.28. The predicted molar refractivity (Wildman–Crippen MR) is 104 cm³/mol. The van der Waals surface area contributed by atoms with Crippen LogP contribution in [-0.4, -0.2) is 16.9 Å². The largest absolute Gasteiger partial charge is 0.493 e. The molecule has 0 unspecified atom stereocenters. The Morgan fingerprint density at radius 2 is 2.00 bits per heavy atom. The molecule has 2 aliphatic rings. The van der Waals surface area contributed by atoms with E-state index in [4.69, 9.17) is 4.74 Å². The van der Waals surface area contributed by atoms with E-state index in [1.54, 1.807) is 0 Å². The molecule has 4 rings (SSSR count). The van der Waals surface area contributed by atoms with E-state index >= 15 is 0 Å². The summed E-state index contributed by atoms with van der Waals surface area (Å²) in [5.41, 5.74) is 3.15. The monoisotopic (exact) mass is 355 g/mol. The molecule has 0 N–H and O–H groups in total. The zero-order chi connectivity index (χ0) is 17.4. The average Bonchev–Trinajstić information content (AvgIpc) is 3.49. The number of hydrogen-bond donors (Lipinski definition) is 0. The summed E-state index contributed by atoms with van der Waals surface area (Å²) in [6.45, 7) is 4.88. The minimum atomic E-state index is 0.144. The van der Waals surface area contributed by atoms with Crippen molar-refractivity contribution in [3.05, 3.63) is 46.4 Å². The maximum absolute atomic E-state index is 12.4. The molecule has 0 amide bonds. The minimum Gasteiger partial charge on any atom is -0.493 e. The van der Waals surface area contributed by atoms with Crippen LogP contribution in [0.25, 0.3) is 11.1 Å². The number of aryl methyl sites for hydroxylation is 1. The van der Waals surface area contributed by atoms with Crippen LogP contribution in [0.1, 0.15) is 44.2 Å². The lowest BCUT2D eigenvalue weighted by Gasteiger charge is -2.15. The lowest BCUT2D eigenvalue weighted by Crippen LogP contribution is -2.20. The Kier molecular flexibility index (Phi) is 4.63. The molecule has 2 aliphatic carbocycles. The predicted octanol–water partition coefficient (Wildman–Crippen LogP) is 5.06. The first-order valence-corrected chi connectivity index (χ1v) is 10.3. The van der Waals surface area contributed by atoms with Gasteiger partial charge in [-0.1, -0.05) is 6.92 Å². The molecule has 0 spiro atoms. The summed E-state index contributed by atoms with van der Waals surface area (Å²) in [6.07, 6.45) is 6.82. The summed E-state index contributed by atoms with van der Waals surface area (Å²) in [4.78, 5) is 13.7. The van der Waals surface area contributed by atoms with Crippen LogP contribution in [-0.2, 0) is 0 Å². The normalized spacial score (nSPS) is 16.9. The van der Waals surface area contributed by atoms with Crippen LogP contribution in [0.5, 0.6) is 5.75 Å². The molecule has 132 valence electrons. The topological polar surface area (TPSA) is 31.2 Å². The van der Waals surface area contributed by atoms with Crippen LogP contribution < -0.4 is 10.3 Å². The van der Waals surface area contributed by atoms with Gasteiger partial charge in [-0.15, -0.1) is 11.8 Å². The molecule has 25 heavy (non-hydrogen) atoms. The van der Waals surface area contributed by atoms with Gasteiger partial charge in [0.05, 0.1) is 6.61 Å². The Balaban J connectivity index is 1.75. The second kappa shape index (κ2) is 6.91. The van der Waals surface area contributed by atoms with Crippen molar-refractivity contribution in [3.8, 4) is 16.9 Å². The van der Waals surface area contributed by atoms with Crippen LogP contribution in [0.2, 0.25) is 0 Å². The summed E-state index contributed by atoms with van der Waals surface area (Å²) in [7, 11) is 0. The van der Waals surface area contributed by atoms with Gasteiger partial charge < -0.3 is 9.30 Å². The number of benzene rings is 1. The van der Waals surface area contributed by atoms with Gasteiger partial charge in [0.25, 0.3) is 5.56 Å². The SMILES string of the molecule is CCSc1ccc(OCC2CC2)c(-c2cc(C)c(=O)n(C3CC3)c2)c1. The van der Waals surface area contributed by atoms with Gasteiger partial charge in [0.15, 0.2) is 0 Å². The lowest BCUT2D eigenvalue weighted by atomic mass is 10.0. The van der Waals surface area contributed by atoms with Crippen LogP contribution >= 0.6 is 11.8 Å². The molecule has 2 saturated carbocycles. The molecule has 1 heterocycles. The third-order valence-corrected chi connectivity index (χ3v) is 5.78. The molecule has 0 bridgehead atoms. The fraction of sp³-hybridized carbons (Fsp3) is 0.476. The second-order valence-corrected chi connectivity index (χ2v) is 8.54. The fourth-order valence-electron chi connectivity index (χ4n) is 3.12. The number of thioether (sulfide) groups is 1. The van der Waals surface area contributed by atoms with Crippen molar-refractivity contribution < 1.29 is 4.74 Å². The molecule has 2 aromatic rings. The third kappa shape index (κ3) is 3.79. The molecule has 4 heteroatoms. The Morgan fingerprint density at radius 3 is 2.68 bits per heavy atom. The molecular formula is C21H25NO2S. The van der Waals surface area contributed by atoms with E-state index in [-0.39, 0.29) is 5.56 Å². The number of ether oxygens (including phenoxy) is 1. The van der Waals surface area contributed by atoms with Crippen LogP contribution in [0, 0.1) is 12.8 Å². The van der Waals surface area contributed by atoms with Crippen LogP contribution in [0.15, 0.2) is 40.2 Å². The fourth-order valence-corrected chi connectivity index (χ4v) is 3.82. The highest BCUT2D eigenvalue weighted by molar-refractivity contribution is 7.99. The molecular weight excluding hydrogens is 330 g/mol. The van der Waals surface area contributed by atoms with Crippen molar-refractivity contribution in [1.29, 1.82) is 0 Å². The molecule has 3 nitrogen and oxygen atoms in total. The van der Waals surface area contributed by atoms with Gasteiger partial charge in [0.2, 0.25) is 0 Å². The Morgan fingerprint density at radius 1 is 1.20 bits per heavy atom. The van der Waals surface area contributed by atoms with Crippen LogP contribution in [0.3, 0.4) is 0 Å². The second-order valence-electron chi connectivity index (χ2n) is 7.20. The number of nitrogens with zero attached hydrogens (tertiary/aromatic N) is 1. The highest BCUT2D eigenvalue weighted by Crippen LogP contribution is 2.38. The molecule has 0 radical (unpaired) electrons. The van der Waals surface area contributed by atoms with E-state index in [9.17, 15) is 4.79 Å². The van der Waals surface area contributed by atoms with Crippen molar-refractivity contribution in [2.75, 3.05) is 12.4 Å². The molecule has 0 aliphatic heterocycles. The highest BCUT2D eigenvalue weighted by atomic mass is 32.2. The van der Waals surface area contributed by atoms with Gasteiger partial charge in [0.1, 0.15) is 5.75 Å². The minimum absolute atomic E-state index is 0.144. The van der Waals surface area contributed by atoms with E-state index in [0.717, 1.165) is 53.6 Å². The molecule has 2 fully saturated rings. The van der Waals surface area contributed by atoms with Crippen molar-refractivity contribution in [3.63, 3.8) is 0 Å². The van der Waals surface area contributed by atoms with Crippen molar-refractivity contribution in [2.45, 2.75) is 50.5 Å². The average molecular weight is 356 g/mol. The standard InChI is InChI=1S/C21H25NO2S/c1-3-25-18-8-9-20(24-13-15-4-5-15)19(11-18)16-10-14(2)21(23)22(12-16)17-6-7-17/h8-12,15,17H,3-7,13H2,1-2H3. The smallest absolute Gasteiger partial charge is 0.253 e. The Bertz CT molecular complexity index is 834. The molecule has 0 atom stereocenters. The van der Waals surface area contributed by atoms with E-state index in [0.29, 0.717) is 6.04 Å². The van der Waals surface area contributed by atoms with Gasteiger partial charge in [-0.05, 0) is 68.5 Å². The first kappa shape index (κ1) is 16.8. The van der Waals surface area contributed by atoms with Crippen LogP contribution in [0.4, 0.5) is 0 Å². The maximum Gasteiger partial charge on any atom is 0.253 e. The third-order valence-electron chi connectivity index (χ3n) is 4.91. The van der Waals surface area contributed by atoms with E-state index in [2.05, 4.69) is 25.1 Å². The van der Waals surface area contributed by atoms with Gasteiger partial charge in [-0.2, -0.15) is 0 Å². The van der Waals surface area contributed by atoms with Crippen molar-refractivity contribution in [2.24, 2.45) is 5.92 Å². The zero-order valence-corrected chi connectivity index (χ0v) is 15.8. The highest BCUT2D eigenvalue weighted by Gasteiger charge is 2.26. The number of rotatable bonds is 7. The zero-order valence-electron chi connectivity index (χ0n) is 15.0. The summed E-state index contributed by atoms with van der Waals surface area (Å²) < 4.78 is 8.06. The molecule has 0 saturated heterocycles. The first-order chi connectivity index (χ1) is 12.2. The van der Waals surface area contributed by atoms with Crippen molar-refractivity contribution >= 4 is 11.8 Å². The summed E-state index contributed by atoms with van der Waals surface area (Å²) >= 11 is 1.84. The Labute approximate surface area is 153 Å². The van der Waals surface area contributed by atoms with Gasteiger partial charge in [0, 0.05) is 33.8 Å². The number of aromatic nitrogens is 1. The molecule has 1 aromatic carbocycles. The maximum atomic E-state index is 12.4. The van der Waals surface area contributed by atoms with E-state index in [1.165, 1.54) is 17.7 Å². The summed E-state index contributed by atoms with van der Waals surface area (Å²) in [5.74, 6) is 2.70. The number of pyridine rings is 1. The Hall–Kier alpha value is -1.68. The van der Waals surface area contributed by atoms with Gasteiger partial charge in [-0.25, -0.2) is 0 Å². The van der Waals surface area contributed by atoms with Gasteiger partial charge in [-0.3, -0.25) is 4.79 Å². The van der Waals surface area contributed by atoms with E-state index in [1.807, 2.05) is 35.5 Å². The number of hydrogen-bond acceptors (Lipinski definition) is 3. The summed E-state index contributed by atoms with van der Waals surface area (Å²) in [5, 5.41) is 0. The molecule has 1 aromatic heterocycles.